The summed E-state index contributed by atoms with van der Waals surface area (Å²) in [6, 6.07) is -1.08. The number of methoxy groups -OCH3 is 1. The normalized spacial score (nSPS) is 21.9. The molecule has 0 spiro atoms. The molecule has 1 unspecified atom stereocenters. The zero-order valence-electron chi connectivity index (χ0n) is 20.7. The van der Waals surface area contributed by atoms with Gasteiger partial charge in [0.25, 0.3) is 11.6 Å². The first-order valence-corrected chi connectivity index (χ1v) is 14.1. The molecule has 0 aromatic rings. The van der Waals surface area contributed by atoms with Crippen LogP contribution in [0.2, 0.25) is 0 Å². The highest BCUT2D eigenvalue weighted by Gasteiger charge is 2.66. The maximum Gasteiger partial charge on any atom is 0.352 e. The van der Waals surface area contributed by atoms with Gasteiger partial charge in [-0.3, -0.25) is 19.3 Å². The number of carboxylic acids is 2. The molecular weight excluding hydrogens is 528 g/mol. The number of thioether (sulfide) groups is 2. The second kappa shape index (κ2) is 13.6. The molecule has 14 heteroatoms. The van der Waals surface area contributed by atoms with E-state index in [-0.39, 0.29) is 25.0 Å². The molecule has 0 bridgehead atoms. The Balaban J connectivity index is 2.11. The van der Waals surface area contributed by atoms with Crippen molar-refractivity contribution in [3.8, 4) is 0 Å². The Morgan fingerprint density at radius 2 is 1.97 bits per heavy atom. The van der Waals surface area contributed by atoms with Crippen molar-refractivity contribution in [2.24, 2.45) is 5.73 Å². The van der Waals surface area contributed by atoms with Crippen LogP contribution in [0.5, 0.6) is 0 Å². The van der Waals surface area contributed by atoms with Crippen LogP contribution >= 0.6 is 35.7 Å². The maximum absolute atomic E-state index is 13.2. The van der Waals surface area contributed by atoms with Crippen LogP contribution in [-0.2, 0) is 23.9 Å². The van der Waals surface area contributed by atoms with Gasteiger partial charge in [0, 0.05) is 38.1 Å². The number of β-lactam (4-membered cyclic amide) rings is 1. The molecule has 202 valence electrons. The zero-order valence-corrected chi connectivity index (χ0v) is 23.1. The average molecular weight is 563 g/mol. The number of carbonyl (C=O) groups excluding carboxylic acids is 2. The van der Waals surface area contributed by atoms with Crippen LogP contribution in [0.25, 0.3) is 0 Å². The Labute approximate surface area is 224 Å². The molecular formula is C22H34N4O7S3. The van der Waals surface area contributed by atoms with Gasteiger partial charge in [0.05, 0.1) is 0 Å². The Kier molecular flexibility index (Phi) is 11.5. The molecule has 1 fully saturated rings. The lowest BCUT2D eigenvalue weighted by atomic mass is 9.98. The molecule has 2 aliphatic rings. The second-order valence-corrected chi connectivity index (χ2v) is 11.1. The first-order chi connectivity index (χ1) is 17.0. The topological polar surface area (TPSA) is 162 Å². The lowest BCUT2D eigenvalue weighted by Crippen LogP contribution is -2.80. The number of carboxylic acid groups (broad SMARTS) is 2. The summed E-state index contributed by atoms with van der Waals surface area (Å²) >= 11 is 8.25. The summed E-state index contributed by atoms with van der Waals surface area (Å²) in [4.78, 5) is 51.9. The van der Waals surface area contributed by atoms with Gasteiger partial charge in [-0.15, -0.1) is 11.8 Å². The summed E-state index contributed by atoms with van der Waals surface area (Å²) in [5.41, 5.74) is 4.24. The van der Waals surface area contributed by atoms with Gasteiger partial charge in [-0.05, 0) is 31.3 Å². The van der Waals surface area contributed by atoms with E-state index in [2.05, 4.69) is 24.1 Å². The molecule has 2 rings (SSSR count). The molecule has 0 radical (unpaired) electrons. The number of fused-ring (bicyclic) bond motifs is 1. The summed E-state index contributed by atoms with van der Waals surface area (Å²) in [5.74, 6) is -2.89. The lowest BCUT2D eigenvalue weighted by Gasteiger charge is -2.55. The van der Waals surface area contributed by atoms with Crippen molar-refractivity contribution >= 4 is 63.8 Å². The Morgan fingerprint density at radius 3 is 2.50 bits per heavy atom. The number of nitrogens with two attached hydrogens (primary N) is 1. The number of amides is 2. The minimum Gasteiger partial charge on any atom is -0.480 e. The summed E-state index contributed by atoms with van der Waals surface area (Å²) < 4.78 is 6.12. The molecule has 11 nitrogen and oxygen atoms in total. The molecule has 1 saturated heterocycles. The summed E-state index contributed by atoms with van der Waals surface area (Å²) in [7, 11) is 1.28. The van der Waals surface area contributed by atoms with Gasteiger partial charge < -0.3 is 30.9 Å². The number of aliphatic carboxylic acids is 2. The van der Waals surface area contributed by atoms with Gasteiger partial charge in [0.15, 0.2) is 0 Å². The fourth-order valence-corrected chi connectivity index (χ4v) is 6.83. The monoisotopic (exact) mass is 562 g/mol. The van der Waals surface area contributed by atoms with Crippen molar-refractivity contribution in [2.75, 3.05) is 31.7 Å². The quantitative estimate of drug-likeness (QED) is 0.137. The molecule has 0 aromatic carbocycles. The van der Waals surface area contributed by atoms with Gasteiger partial charge in [-0.1, -0.05) is 37.8 Å². The number of carbonyl (C=O) groups is 4. The Hall–Kier alpha value is -1.87. The van der Waals surface area contributed by atoms with Gasteiger partial charge in [-0.25, -0.2) is 4.79 Å². The second-order valence-electron chi connectivity index (χ2n) is 8.46. The third-order valence-corrected chi connectivity index (χ3v) is 8.79. The first kappa shape index (κ1) is 30.4. The van der Waals surface area contributed by atoms with Gasteiger partial charge >= 0.3 is 11.9 Å². The van der Waals surface area contributed by atoms with E-state index in [0.29, 0.717) is 21.4 Å². The fourth-order valence-electron chi connectivity index (χ4n) is 4.00. The number of ether oxygens (including phenoxy) is 1. The van der Waals surface area contributed by atoms with E-state index in [1.807, 2.05) is 0 Å². The minimum atomic E-state index is -1.69. The van der Waals surface area contributed by atoms with Crippen LogP contribution in [0.15, 0.2) is 11.3 Å². The van der Waals surface area contributed by atoms with Gasteiger partial charge in [-0.2, -0.15) is 0 Å². The van der Waals surface area contributed by atoms with E-state index < -0.39 is 40.9 Å². The highest BCUT2D eigenvalue weighted by atomic mass is 32.2. The predicted molar refractivity (Wildman–Crippen MR) is 142 cm³/mol. The minimum absolute atomic E-state index is 0.0518. The number of thiocarbonyl (C=S) groups is 1. The van der Waals surface area contributed by atoms with Crippen LogP contribution in [0, 0.1) is 0 Å². The lowest BCUT2D eigenvalue weighted by molar-refractivity contribution is -0.192. The molecule has 0 aliphatic carbocycles. The van der Waals surface area contributed by atoms with Gasteiger partial charge in [0.2, 0.25) is 5.91 Å². The summed E-state index contributed by atoms with van der Waals surface area (Å²) in [6.07, 6.45) is 2.15. The molecule has 2 heterocycles. The number of hydrogen-bond acceptors (Lipinski definition) is 9. The zero-order chi connectivity index (χ0) is 27.0. The molecule has 5 N–H and O–H groups in total. The van der Waals surface area contributed by atoms with Crippen molar-refractivity contribution in [3.63, 3.8) is 0 Å². The first-order valence-electron chi connectivity index (χ1n) is 11.7. The Bertz CT molecular complexity index is 910. The number of nitrogens with one attached hydrogen (secondary N) is 1. The highest BCUT2D eigenvalue weighted by molar-refractivity contribution is 8.23. The largest absolute Gasteiger partial charge is 0.480 e. The summed E-state index contributed by atoms with van der Waals surface area (Å²) in [5, 5.41) is 20.6. The van der Waals surface area contributed by atoms with E-state index >= 15 is 0 Å². The SMILES string of the molecule is CCCN(CCC)C(=S)SCC1=C(C(=O)O)N2C(=O)[C@](NC(=O)CCCC(N)C(=O)O)(OC)[C@@H]2SC1. The average Bonchev–Trinajstić information content (AvgIpc) is 2.84. The van der Waals surface area contributed by atoms with E-state index in [0.717, 1.165) is 30.8 Å². The van der Waals surface area contributed by atoms with E-state index in [9.17, 15) is 24.3 Å². The third-order valence-electron chi connectivity index (χ3n) is 5.81. The van der Waals surface area contributed by atoms with Crippen LogP contribution in [0.1, 0.15) is 46.0 Å². The predicted octanol–water partition coefficient (Wildman–Crippen LogP) is 1.42. The van der Waals surface area contributed by atoms with Crippen LogP contribution in [0.3, 0.4) is 0 Å². The van der Waals surface area contributed by atoms with E-state index in [1.54, 1.807) is 0 Å². The Morgan fingerprint density at radius 1 is 1.33 bits per heavy atom. The van der Waals surface area contributed by atoms with Gasteiger partial charge in [0.1, 0.15) is 21.4 Å². The molecule has 0 saturated carbocycles. The summed E-state index contributed by atoms with van der Waals surface area (Å²) in [6.45, 7) is 5.79. The van der Waals surface area contributed by atoms with Crippen molar-refractivity contribution in [1.29, 1.82) is 0 Å². The van der Waals surface area contributed by atoms with Crippen molar-refractivity contribution in [3.05, 3.63) is 11.3 Å². The standard InChI is InChI=1S/C22H34N4O7S3/c1-4-9-25(10-5-2)21(34)36-12-13-11-35-20-22(33-3,19(32)26(20)16(13)18(30)31)24-15(27)8-6-7-14(23)17(28)29/h14,20H,4-12,23H2,1-3H3,(H,24,27)(H,28,29)(H,30,31)/t14?,20-,22-/m0/s1. The molecule has 2 aliphatic heterocycles. The smallest absolute Gasteiger partial charge is 0.352 e. The number of rotatable bonds is 14. The molecule has 2 amide bonds. The van der Waals surface area contributed by atoms with E-state index in [4.69, 9.17) is 27.8 Å². The highest BCUT2D eigenvalue weighted by Crippen LogP contribution is 2.47. The van der Waals surface area contributed by atoms with Crippen molar-refractivity contribution in [1.82, 2.24) is 15.1 Å². The molecule has 3 atom stereocenters. The number of hydrogen-bond donors (Lipinski definition) is 4. The van der Waals surface area contributed by atoms with Crippen molar-refractivity contribution in [2.45, 2.75) is 63.1 Å². The van der Waals surface area contributed by atoms with Crippen molar-refractivity contribution < 1.29 is 34.1 Å². The van der Waals surface area contributed by atoms with Crippen LogP contribution in [0.4, 0.5) is 0 Å². The maximum atomic E-state index is 13.2. The molecule has 0 aromatic heterocycles. The van der Waals surface area contributed by atoms with Crippen LogP contribution < -0.4 is 11.1 Å². The van der Waals surface area contributed by atoms with Crippen LogP contribution in [-0.4, -0.2) is 96.9 Å². The van der Waals surface area contributed by atoms with E-state index in [1.165, 1.54) is 30.6 Å². The molecule has 36 heavy (non-hydrogen) atoms. The third kappa shape index (κ3) is 6.71. The fraction of sp³-hybridized carbons (Fsp3) is 0.682. The number of nitrogens with zero attached hydrogens (tertiary/aromatic N) is 2.